The number of amides is 1. The minimum atomic E-state index is 0.266. The Morgan fingerprint density at radius 2 is 1.77 bits per heavy atom. The molecule has 5 fully saturated rings. The molecule has 5 aliphatic rings. The molecule has 0 radical (unpaired) electrons. The molecule has 0 spiro atoms. The van der Waals surface area contributed by atoms with E-state index in [1.165, 1.54) is 44.2 Å². The van der Waals surface area contributed by atoms with Gasteiger partial charge in [-0.25, -0.2) is 0 Å². The molecule has 30 heavy (non-hydrogen) atoms. The fourth-order valence-corrected chi connectivity index (χ4v) is 8.91. The molecule has 1 aliphatic heterocycles. The number of para-hydroxylation sites is 1. The van der Waals surface area contributed by atoms with Gasteiger partial charge in [-0.2, -0.15) is 0 Å². The first-order valence-corrected chi connectivity index (χ1v) is 12.7. The summed E-state index contributed by atoms with van der Waals surface area (Å²) in [4.78, 5) is 17.9. The molecule has 0 aromatic heterocycles. The van der Waals surface area contributed by atoms with Crippen LogP contribution in [0.5, 0.6) is 0 Å². The molecular weight excluding hydrogens is 438 g/mol. The molecule has 6 rings (SSSR count). The monoisotopic (exact) mass is 473 g/mol. The smallest absolute Gasteiger partial charge is 0.220 e. The highest BCUT2D eigenvalue weighted by Crippen LogP contribution is 2.65. The molecule has 1 saturated heterocycles. The Labute approximate surface area is 189 Å². The number of hydrogen-bond acceptors (Lipinski definition) is 3. The van der Waals surface area contributed by atoms with Crippen LogP contribution in [0.2, 0.25) is 0 Å². The quantitative estimate of drug-likeness (QED) is 0.620. The maximum Gasteiger partial charge on any atom is 0.220 e. The second kappa shape index (κ2) is 8.12. The fourth-order valence-electron chi connectivity index (χ4n) is 7.40. The zero-order chi connectivity index (χ0) is 20.8. The Balaban J connectivity index is 1.09. The van der Waals surface area contributed by atoms with E-state index in [4.69, 9.17) is 0 Å². The highest BCUT2D eigenvalue weighted by atomic mass is 79.9. The molecule has 4 saturated carbocycles. The average Bonchev–Trinajstić information content (AvgIpc) is 2.70. The second-order valence-electron chi connectivity index (χ2n) is 10.8. The lowest BCUT2D eigenvalue weighted by atomic mass is 9.48. The van der Waals surface area contributed by atoms with E-state index in [2.05, 4.69) is 68.3 Å². The van der Waals surface area contributed by atoms with Gasteiger partial charge in [0.2, 0.25) is 5.91 Å². The summed E-state index contributed by atoms with van der Waals surface area (Å²) in [7, 11) is 0. The minimum absolute atomic E-state index is 0.266. The first kappa shape index (κ1) is 20.8. The standard InChI is InChI=1S/C25H36BrN3O/c1-19(28-7-9-29(10-8-28)22-5-3-2-4-6-22)17-27-23(30)16-24-12-20-11-21(13-24)15-25(26,14-20)18-24/h2-6,19-21H,7-18H2,1H3,(H,27,30). The van der Waals surface area contributed by atoms with Crippen LogP contribution in [0.15, 0.2) is 30.3 Å². The van der Waals surface area contributed by atoms with Crippen molar-refractivity contribution in [1.82, 2.24) is 10.2 Å². The number of rotatable bonds is 6. The van der Waals surface area contributed by atoms with Crippen molar-refractivity contribution in [2.24, 2.45) is 17.3 Å². The SMILES string of the molecule is CC(CNC(=O)CC12CC3CC(CC(Br)(C3)C1)C2)N1CCN(c2ccccc2)CC1. The normalized spacial score (nSPS) is 36.7. The van der Waals surface area contributed by atoms with E-state index >= 15 is 0 Å². The van der Waals surface area contributed by atoms with Crippen molar-refractivity contribution in [3.8, 4) is 0 Å². The summed E-state index contributed by atoms with van der Waals surface area (Å²) in [5, 5.41) is 3.30. The maximum atomic E-state index is 12.9. The van der Waals surface area contributed by atoms with Gasteiger partial charge in [0.25, 0.3) is 0 Å². The number of piperazine rings is 1. The fraction of sp³-hybridized carbons (Fsp3) is 0.720. The minimum Gasteiger partial charge on any atom is -0.369 e. The van der Waals surface area contributed by atoms with Crippen LogP contribution in [0, 0.1) is 17.3 Å². The van der Waals surface area contributed by atoms with Crippen LogP contribution in [0.1, 0.15) is 51.9 Å². The van der Waals surface area contributed by atoms with Gasteiger partial charge in [-0.05, 0) is 74.8 Å². The van der Waals surface area contributed by atoms with Crippen LogP contribution in [-0.4, -0.2) is 53.9 Å². The van der Waals surface area contributed by atoms with Crippen LogP contribution in [-0.2, 0) is 4.79 Å². The van der Waals surface area contributed by atoms with E-state index in [9.17, 15) is 4.79 Å². The predicted molar refractivity (Wildman–Crippen MR) is 126 cm³/mol. The lowest BCUT2D eigenvalue weighted by molar-refractivity contribution is -0.128. The zero-order valence-corrected chi connectivity index (χ0v) is 19.9. The van der Waals surface area contributed by atoms with Gasteiger partial charge in [-0.1, -0.05) is 34.1 Å². The van der Waals surface area contributed by atoms with E-state index in [1.807, 2.05) is 0 Å². The summed E-state index contributed by atoms with van der Waals surface area (Å²) in [5.74, 6) is 1.97. The maximum absolute atomic E-state index is 12.9. The van der Waals surface area contributed by atoms with Gasteiger partial charge in [0.15, 0.2) is 0 Å². The Morgan fingerprint density at radius 1 is 1.10 bits per heavy atom. The van der Waals surface area contributed by atoms with Gasteiger partial charge >= 0.3 is 0 Å². The Bertz CT molecular complexity index is 747. The summed E-state index contributed by atoms with van der Waals surface area (Å²) in [5.41, 5.74) is 1.58. The molecule has 3 atom stereocenters. The van der Waals surface area contributed by atoms with Crippen LogP contribution in [0.25, 0.3) is 0 Å². The molecule has 4 bridgehead atoms. The van der Waals surface area contributed by atoms with Gasteiger partial charge in [-0.3, -0.25) is 9.69 Å². The first-order chi connectivity index (χ1) is 14.4. The second-order valence-corrected chi connectivity index (χ2v) is 12.5. The Morgan fingerprint density at radius 3 is 2.40 bits per heavy atom. The van der Waals surface area contributed by atoms with E-state index in [-0.39, 0.29) is 11.3 Å². The highest BCUT2D eigenvalue weighted by Gasteiger charge is 2.57. The van der Waals surface area contributed by atoms with Gasteiger partial charge in [0.05, 0.1) is 0 Å². The summed E-state index contributed by atoms with van der Waals surface area (Å²) < 4.78 is 0.336. The lowest BCUT2D eigenvalue weighted by Gasteiger charge is -2.60. The molecule has 1 heterocycles. The molecule has 4 nitrogen and oxygen atoms in total. The van der Waals surface area contributed by atoms with E-state index in [1.54, 1.807) is 0 Å². The largest absolute Gasteiger partial charge is 0.369 e. The predicted octanol–water partition coefficient (Wildman–Crippen LogP) is 4.44. The van der Waals surface area contributed by atoms with Crippen molar-refractivity contribution < 1.29 is 4.79 Å². The van der Waals surface area contributed by atoms with Crippen molar-refractivity contribution in [3.63, 3.8) is 0 Å². The molecule has 1 aromatic rings. The third kappa shape index (κ3) is 4.29. The molecule has 1 aromatic carbocycles. The number of hydrogen-bond donors (Lipinski definition) is 1. The number of halogens is 1. The number of anilines is 1. The third-order valence-electron chi connectivity index (χ3n) is 8.30. The first-order valence-electron chi connectivity index (χ1n) is 11.9. The molecule has 4 aliphatic carbocycles. The van der Waals surface area contributed by atoms with E-state index < -0.39 is 0 Å². The molecule has 1 amide bonds. The van der Waals surface area contributed by atoms with Gasteiger partial charge < -0.3 is 10.2 Å². The summed E-state index contributed by atoms with van der Waals surface area (Å²) in [6.45, 7) is 7.27. The topological polar surface area (TPSA) is 35.6 Å². The highest BCUT2D eigenvalue weighted by molar-refractivity contribution is 9.10. The Hall–Kier alpha value is -1.07. The van der Waals surface area contributed by atoms with Crippen LogP contribution in [0.4, 0.5) is 5.69 Å². The van der Waals surface area contributed by atoms with Crippen LogP contribution < -0.4 is 10.2 Å². The lowest BCUT2D eigenvalue weighted by Crippen LogP contribution is -2.55. The molecule has 164 valence electrons. The molecular formula is C25H36BrN3O. The average molecular weight is 474 g/mol. The molecule has 1 N–H and O–H groups in total. The molecule has 3 unspecified atom stereocenters. The van der Waals surface area contributed by atoms with Crippen molar-refractivity contribution in [2.75, 3.05) is 37.6 Å². The molecule has 5 heteroatoms. The number of nitrogens with one attached hydrogen (secondary N) is 1. The van der Waals surface area contributed by atoms with Gasteiger partial charge in [-0.15, -0.1) is 0 Å². The number of nitrogens with zero attached hydrogens (tertiary/aromatic N) is 2. The van der Waals surface area contributed by atoms with Crippen molar-refractivity contribution in [3.05, 3.63) is 30.3 Å². The number of carbonyl (C=O) groups is 1. The summed E-state index contributed by atoms with van der Waals surface area (Å²) in [6, 6.07) is 11.1. The van der Waals surface area contributed by atoms with E-state index in [0.717, 1.165) is 51.0 Å². The zero-order valence-electron chi connectivity index (χ0n) is 18.3. The Kier molecular flexibility index (Phi) is 5.64. The third-order valence-corrected chi connectivity index (χ3v) is 9.23. The number of alkyl halides is 1. The number of benzene rings is 1. The van der Waals surface area contributed by atoms with Gasteiger partial charge in [0, 0.05) is 55.2 Å². The van der Waals surface area contributed by atoms with Crippen molar-refractivity contribution >= 4 is 27.5 Å². The van der Waals surface area contributed by atoms with Crippen LogP contribution >= 0.6 is 15.9 Å². The van der Waals surface area contributed by atoms with E-state index in [0.29, 0.717) is 10.4 Å². The summed E-state index contributed by atoms with van der Waals surface area (Å²) in [6.07, 6.45) is 8.57. The van der Waals surface area contributed by atoms with Gasteiger partial charge in [0.1, 0.15) is 0 Å². The summed E-state index contributed by atoms with van der Waals surface area (Å²) >= 11 is 4.08. The van der Waals surface area contributed by atoms with Crippen LogP contribution in [0.3, 0.4) is 0 Å². The van der Waals surface area contributed by atoms with Crippen molar-refractivity contribution in [2.45, 2.75) is 62.2 Å². The number of carbonyl (C=O) groups excluding carboxylic acids is 1. The van der Waals surface area contributed by atoms with Crippen molar-refractivity contribution in [1.29, 1.82) is 0 Å².